The topological polar surface area (TPSA) is 86.8 Å². The van der Waals surface area contributed by atoms with E-state index in [1.165, 1.54) is 4.90 Å². The summed E-state index contributed by atoms with van der Waals surface area (Å²) in [5.41, 5.74) is 1.08. The van der Waals surface area contributed by atoms with Crippen LogP contribution in [0.3, 0.4) is 0 Å². The Morgan fingerprint density at radius 1 is 1.45 bits per heavy atom. The van der Waals surface area contributed by atoms with Crippen LogP contribution in [0.25, 0.3) is 0 Å². The molecule has 1 unspecified atom stereocenters. The lowest BCUT2D eigenvalue weighted by atomic mass is 10.2. The van der Waals surface area contributed by atoms with E-state index in [2.05, 4.69) is 21.5 Å². The Hall–Kier alpha value is -2.88. The van der Waals surface area contributed by atoms with Crippen LogP contribution in [0.4, 0.5) is 10.6 Å². The fraction of sp³-hybridized carbons (Fsp3) is 0.333. The highest BCUT2D eigenvalue weighted by atomic mass is 16.2. The zero-order valence-corrected chi connectivity index (χ0v) is 12.6. The predicted octanol–water partition coefficient (Wildman–Crippen LogP) is 2.09. The molecule has 1 atom stereocenters. The number of rotatable bonds is 5. The highest BCUT2D eigenvalue weighted by Crippen LogP contribution is 2.08. The van der Waals surface area contributed by atoms with Gasteiger partial charge < -0.3 is 4.90 Å². The van der Waals surface area contributed by atoms with E-state index in [9.17, 15) is 4.79 Å². The molecule has 2 amide bonds. The van der Waals surface area contributed by atoms with Crippen molar-refractivity contribution in [3.8, 4) is 6.07 Å². The lowest BCUT2D eigenvalue weighted by Crippen LogP contribution is -2.38. The van der Waals surface area contributed by atoms with E-state index in [-0.39, 0.29) is 12.1 Å². The maximum atomic E-state index is 12.0. The van der Waals surface area contributed by atoms with Crippen molar-refractivity contribution in [1.29, 1.82) is 5.26 Å². The van der Waals surface area contributed by atoms with Crippen LogP contribution in [-0.2, 0) is 6.54 Å². The molecule has 2 aromatic heterocycles. The Kier molecular flexibility index (Phi) is 5.09. The Morgan fingerprint density at radius 3 is 2.86 bits per heavy atom. The average Bonchev–Trinajstić information content (AvgIpc) is 2.94. The lowest BCUT2D eigenvalue weighted by molar-refractivity contribution is 0.208. The summed E-state index contributed by atoms with van der Waals surface area (Å²) in [5.74, 6) is 0.482. The van der Waals surface area contributed by atoms with Gasteiger partial charge >= 0.3 is 6.03 Å². The van der Waals surface area contributed by atoms with Gasteiger partial charge in [0.05, 0.1) is 19.0 Å². The minimum absolute atomic E-state index is 0.149. The number of carbonyl (C=O) groups excluding carboxylic acids is 1. The second-order valence-electron chi connectivity index (χ2n) is 5.01. The number of aromatic nitrogens is 3. The Morgan fingerprint density at radius 2 is 2.18 bits per heavy atom. The number of nitrogens with zero attached hydrogens (tertiary/aromatic N) is 5. The van der Waals surface area contributed by atoms with Gasteiger partial charge in [0.1, 0.15) is 0 Å². The van der Waals surface area contributed by atoms with Crippen LogP contribution < -0.4 is 5.32 Å². The minimum Gasteiger partial charge on any atom is -0.324 e. The van der Waals surface area contributed by atoms with Gasteiger partial charge in [-0.1, -0.05) is 0 Å². The van der Waals surface area contributed by atoms with Crippen LogP contribution >= 0.6 is 0 Å². The van der Waals surface area contributed by atoms with Crippen molar-refractivity contribution >= 4 is 11.8 Å². The molecule has 0 aliphatic heterocycles. The molecule has 22 heavy (non-hydrogen) atoms. The van der Waals surface area contributed by atoms with Crippen molar-refractivity contribution in [2.24, 2.45) is 0 Å². The number of carbonyl (C=O) groups is 1. The van der Waals surface area contributed by atoms with Gasteiger partial charge in [0.25, 0.3) is 0 Å². The molecule has 2 rings (SSSR count). The Labute approximate surface area is 129 Å². The number of nitrogens with one attached hydrogen (secondary N) is 1. The van der Waals surface area contributed by atoms with E-state index in [1.807, 2.05) is 19.1 Å². The Bertz CT molecular complexity index is 660. The Balaban J connectivity index is 1.94. The molecule has 1 N–H and O–H groups in total. The number of nitriles is 1. The molecule has 0 radical (unpaired) electrons. The zero-order valence-electron chi connectivity index (χ0n) is 12.6. The summed E-state index contributed by atoms with van der Waals surface area (Å²) in [6.07, 6.45) is 5.55. The normalized spacial score (nSPS) is 11.5. The van der Waals surface area contributed by atoms with Gasteiger partial charge in [-0.05, 0) is 24.6 Å². The van der Waals surface area contributed by atoms with E-state index in [0.717, 1.165) is 5.56 Å². The third-order valence-electron chi connectivity index (χ3n) is 3.34. The average molecular weight is 298 g/mol. The first kappa shape index (κ1) is 15.5. The number of hydrogen-bond donors (Lipinski definition) is 1. The maximum Gasteiger partial charge on any atom is 0.323 e. The minimum atomic E-state index is -0.281. The molecule has 2 heterocycles. The molecule has 0 spiro atoms. The van der Waals surface area contributed by atoms with Gasteiger partial charge in [0.2, 0.25) is 0 Å². The molecule has 0 fully saturated rings. The molecular weight excluding hydrogens is 280 g/mol. The molecule has 114 valence electrons. The molecule has 0 saturated heterocycles. The standard InChI is InChI=1S/C15H18N6O/c1-12(3-7-16)20(2)15(22)18-14-6-10-21(19-14)11-13-4-8-17-9-5-13/h4-6,8-10,12H,3,11H2,1-2H3,(H,18,19,22). The van der Waals surface area contributed by atoms with Crippen molar-refractivity contribution in [3.05, 3.63) is 42.4 Å². The summed E-state index contributed by atoms with van der Waals surface area (Å²) in [6.45, 7) is 2.43. The van der Waals surface area contributed by atoms with Gasteiger partial charge in [-0.2, -0.15) is 10.4 Å². The third-order valence-corrected chi connectivity index (χ3v) is 3.34. The second-order valence-corrected chi connectivity index (χ2v) is 5.01. The first-order valence-electron chi connectivity index (χ1n) is 6.93. The van der Waals surface area contributed by atoms with Crippen molar-refractivity contribution < 1.29 is 4.79 Å². The van der Waals surface area contributed by atoms with Crippen molar-refractivity contribution in [2.45, 2.75) is 25.9 Å². The summed E-state index contributed by atoms with van der Waals surface area (Å²) in [7, 11) is 1.66. The molecule has 2 aromatic rings. The molecule has 0 aromatic carbocycles. The number of urea groups is 1. The number of amides is 2. The van der Waals surface area contributed by atoms with E-state index in [4.69, 9.17) is 5.26 Å². The largest absolute Gasteiger partial charge is 0.324 e. The van der Waals surface area contributed by atoms with Crippen molar-refractivity contribution in [2.75, 3.05) is 12.4 Å². The first-order valence-corrected chi connectivity index (χ1v) is 6.93. The van der Waals surface area contributed by atoms with Gasteiger partial charge in [-0.25, -0.2) is 4.79 Å². The summed E-state index contributed by atoms with van der Waals surface area (Å²) in [6, 6.07) is 7.19. The number of pyridine rings is 1. The lowest BCUT2D eigenvalue weighted by Gasteiger charge is -2.22. The fourth-order valence-corrected chi connectivity index (χ4v) is 1.86. The molecule has 0 bridgehead atoms. The fourth-order valence-electron chi connectivity index (χ4n) is 1.86. The second kappa shape index (κ2) is 7.22. The van der Waals surface area contributed by atoms with Gasteiger partial charge in [-0.15, -0.1) is 0 Å². The van der Waals surface area contributed by atoms with Crippen LogP contribution in [0.15, 0.2) is 36.8 Å². The highest BCUT2D eigenvalue weighted by molar-refractivity contribution is 5.88. The van der Waals surface area contributed by atoms with E-state index >= 15 is 0 Å². The highest BCUT2D eigenvalue weighted by Gasteiger charge is 2.16. The van der Waals surface area contributed by atoms with Gasteiger partial charge in [0, 0.05) is 37.7 Å². The van der Waals surface area contributed by atoms with E-state index in [0.29, 0.717) is 18.8 Å². The number of anilines is 1. The molecule has 7 heteroatoms. The van der Waals surface area contributed by atoms with E-state index < -0.39 is 0 Å². The van der Waals surface area contributed by atoms with E-state index in [1.54, 1.807) is 36.4 Å². The van der Waals surface area contributed by atoms with Crippen LogP contribution in [0.1, 0.15) is 18.9 Å². The summed E-state index contributed by atoms with van der Waals surface area (Å²) >= 11 is 0. The summed E-state index contributed by atoms with van der Waals surface area (Å²) in [4.78, 5) is 17.5. The third kappa shape index (κ3) is 4.06. The monoisotopic (exact) mass is 298 g/mol. The summed E-state index contributed by atoms with van der Waals surface area (Å²) < 4.78 is 1.74. The van der Waals surface area contributed by atoms with Gasteiger partial charge in [-0.3, -0.25) is 15.0 Å². The number of hydrogen-bond acceptors (Lipinski definition) is 4. The zero-order chi connectivity index (χ0) is 15.9. The molecule has 0 aliphatic rings. The predicted molar refractivity (Wildman–Crippen MR) is 82.0 cm³/mol. The van der Waals surface area contributed by atoms with Crippen LogP contribution in [-0.4, -0.2) is 38.8 Å². The molecule has 0 aliphatic carbocycles. The van der Waals surface area contributed by atoms with Crippen molar-refractivity contribution in [3.63, 3.8) is 0 Å². The smallest absolute Gasteiger partial charge is 0.323 e. The van der Waals surface area contributed by atoms with Crippen molar-refractivity contribution in [1.82, 2.24) is 19.7 Å². The SMILES string of the molecule is CC(CC#N)N(C)C(=O)Nc1ccn(Cc2ccncc2)n1. The molecular formula is C15H18N6O. The molecule has 7 nitrogen and oxygen atoms in total. The van der Waals surface area contributed by atoms with Gasteiger partial charge in [0.15, 0.2) is 5.82 Å². The summed E-state index contributed by atoms with van der Waals surface area (Å²) in [5, 5.41) is 15.7. The quantitative estimate of drug-likeness (QED) is 0.915. The maximum absolute atomic E-state index is 12.0. The molecule has 0 saturated carbocycles. The first-order chi connectivity index (χ1) is 10.6. The van der Waals surface area contributed by atoms with Crippen LogP contribution in [0, 0.1) is 11.3 Å². The van der Waals surface area contributed by atoms with Crippen LogP contribution in [0.5, 0.6) is 0 Å². The van der Waals surface area contributed by atoms with Crippen LogP contribution in [0.2, 0.25) is 0 Å².